The topological polar surface area (TPSA) is 193 Å². The standard InChI is InChI=1S/C48H54N8O8/c1-6-8-32-12-16-38(56(32)45(57)26(3)50-47(59)61-4)43-49-24-37(52-43)29-9-13-33-30(21-29)25-64-40-23-34-28(22-35(33)40)10-14-36-42(34)53-44(51-36)39-15-11-31(7-2)55(39)46(58)41(54-48(60)62-5)27-17-19-63-20-18-27/h2,9-10,13-14,21-24,26-27,31-32,38-39,41H,6,8,11-12,15-20,25H2,1,3-5H3,(H,49,52)(H,50,59)(H,51,53)(H,54,60)/t26-,31-,32-,38?,39-,41-/m0/s1. The molecule has 9 rings (SSSR count). The van der Waals surface area contributed by atoms with E-state index in [0.717, 1.165) is 81.2 Å². The number of alkyl carbamates (subject to hydrolysis) is 2. The van der Waals surface area contributed by atoms with Crippen LogP contribution in [0.2, 0.25) is 0 Å². The molecule has 2 aromatic heterocycles. The SMILES string of the molecule is C#C[C@H]1CC[C@@H](c2nc3c(ccc4cc5c(cc43)OCc3cc(-c4cnc(C6CC[C@H](CCC)N6C(=O)[C@H](C)NC(=O)OC)[nH]4)ccc3-5)[nH]2)N1C(=O)[C@@H](NC(=O)OC)C1CCOCC1. The van der Waals surface area contributed by atoms with Crippen LogP contribution in [-0.4, -0.2) is 105 Å². The van der Waals surface area contributed by atoms with E-state index in [1.54, 1.807) is 11.8 Å². The number of ether oxygens (including phenoxy) is 4. The summed E-state index contributed by atoms with van der Waals surface area (Å²) in [4.78, 5) is 73.1. The average molecular weight is 871 g/mol. The first-order valence-electron chi connectivity index (χ1n) is 22.3. The Morgan fingerprint density at radius 1 is 0.891 bits per heavy atom. The Bertz CT molecular complexity index is 2640. The van der Waals surface area contributed by atoms with Crippen molar-refractivity contribution in [1.82, 2.24) is 40.4 Å². The zero-order chi connectivity index (χ0) is 44.6. The number of carbonyl (C=O) groups excluding carboxylic acids is 4. The zero-order valence-electron chi connectivity index (χ0n) is 36.6. The lowest BCUT2D eigenvalue weighted by molar-refractivity contribution is -0.138. The Hall–Kier alpha value is -6.60. The van der Waals surface area contributed by atoms with Gasteiger partial charge in [-0.15, -0.1) is 6.42 Å². The van der Waals surface area contributed by atoms with Crippen molar-refractivity contribution in [3.05, 3.63) is 65.9 Å². The second-order valence-electron chi connectivity index (χ2n) is 17.2. The summed E-state index contributed by atoms with van der Waals surface area (Å²) in [5.74, 6) is 4.37. The van der Waals surface area contributed by atoms with E-state index in [4.69, 9.17) is 35.3 Å². The van der Waals surface area contributed by atoms with Crippen LogP contribution in [-0.2, 0) is 30.4 Å². The number of carbonyl (C=O) groups is 4. The van der Waals surface area contributed by atoms with Crippen molar-refractivity contribution in [2.24, 2.45) is 5.92 Å². The summed E-state index contributed by atoms with van der Waals surface area (Å²) in [5, 5.41) is 7.34. The molecular formula is C48H54N8O8. The molecule has 16 nitrogen and oxygen atoms in total. The third-order valence-electron chi connectivity index (χ3n) is 13.5. The van der Waals surface area contributed by atoms with Crippen LogP contribution in [0.25, 0.3) is 44.2 Å². The van der Waals surface area contributed by atoms with Crippen LogP contribution >= 0.6 is 0 Å². The van der Waals surface area contributed by atoms with Crippen molar-refractivity contribution in [1.29, 1.82) is 0 Å². The number of likely N-dealkylation sites (tertiary alicyclic amines) is 2. The molecule has 5 aromatic rings. The summed E-state index contributed by atoms with van der Waals surface area (Å²) < 4.78 is 21.7. The number of methoxy groups -OCH3 is 2. The number of H-pyrrole nitrogens is 2. The minimum Gasteiger partial charge on any atom is -0.488 e. The fourth-order valence-corrected chi connectivity index (χ4v) is 10.2. The quantitative estimate of drug-likeness (QED) is 0.106. The second kappa shape index (κ2) is 17.9. The van der Waals surface area contributed by atoms with Crippen LogP contribution in [0.1, 0.15) is 94.5 Å². The number of nitrogens with zero attached hydrogens (tertiary/aromatic N) is 4. The molecule has 0 radical (unpaired) electrons. The number of hydrogen-bond acceptors (Lipinski definition) is 10. The van der Waals surface area contributed by atoms with E-state index < -0.39 is 36.4 Å². The lowest BCUT2D eigenvalue weighted by Gasteiger charge is -2.35. The van der Waals surface area contributed by atoms with Crippen LogP contribution in [0.3, 0.4) is 0 Å². The molecule has 334 valence electrons. The number of terminal acetylenes is 1. The summed E-state index contributed by atoms with van der Waals surface area (Å²) in [7, 11) is 2.57. The summed E-state index contributed by atoms with van der Waals surface area (Å²) in [6.45, 7) is 5.16. The molecule has 4 aliphatic rings. The third kappa shape index (κ3) is 7.86. The van der Waals surface area contributed by atoms with Crippen LogP contribution < -0.4 is 15.4 Å². The molecule has 3 fully saturated rings. The minimum absolute atomic E-state index is 0.0506. The maximum atomic E-state index is 14.4. The highest BCUT2D eigenvalue weighted by molar-refractivity contribution is 6.07. The first-order chi connectivity index (χ1) is 31.1. The van der Waals surface area contributed by atoms with Gasteiger partial charge in [0.25, 0.3) is 0 Å². The number of nitrogens with one attached hydrogen (secondary N) is 4. The monoisotopic (exact) mass is 870 g/mol. The normalized spacial score (nSPS) is 21.7. The molecule has 4 aliphatic heterocycles. The van der Waals surface area contributed by atoms with E-state index in [1.807, 2.05) is 23.2 Å². The van der Waals surface area contributed by atoms with Gasteiger partial charge in [0.15, 0.2) is 0 Å². The van der Waals surface area contributed by atoms with Crippen molar-refractivity contribution in [3.63, 3.8) is 0 Å². The smallest absolute Gasteiger partial charge is 0.407 e. The molecule has 0 spiro atoms. The Kier molecular flexibility index (Phi) is 11.9. The maximum absolute atomic E-state index is 14.4. The van der Waals surface area contributed by atoms with Gasteiger partial charge in [-0.2, -0.15) is 0 Å². The summed E-state index contributed by atoms with van der Waals surface area (Å²) in [6.07, 6.45) is 12.4. The molecule has 0 aliphatic carbocycles. The first-order valence-corrected chi connectivity index (χ1v) is 22.3. The Labute approximate surface area is 371 Å². The van der Waals surface area contributed by atoms with Crippen molar-refractivity contribution in [2.45, 2.75) is 108 Å². The molecule has 4 N–H and O–H groups in total. The van der Waals surface area contributed by atoms with Crippen molar-refractivity contribution < 1.29 is 38.1 Å². The second-order valence-corrected chi connectivity index (χ2v) is 17.2. The predicted molar refractivity (Wildman–Crippen MR) is 238 cm³/mol. The fourth-order valence-electron chi connectivity index (χ4n) is 10.2. The molecule has 16 heteroatoms. The number of aromatic amines is 2. The summed E-state index contributed by atoms with van der Waals surface area (Å²) in [5.41, 5.74) is 6.44. The fraction of sp³-hybridized carbons (Fsp3) is 0.458. The van der Waals surface area contributed by atoms with Gasteiger partial charge in [0.05, 0.1) is 55.3 Å². The molecule has 3 saturated heterocycles. The number of fused-ring (bicyclic) bond motifs is 6. The van der Waals surface area contributed by atoms with Gasteiger partial charge in [-0.05, 0) is 104 Å². The number of aromatic nitrogens is 4. The lowest BCUT2D eigenvalue weighted by Crippen LogP contribution is -2.54. The van der Waals surface area contributed by atoms with E-state index >= 15 is 0 Å². The number of amides is 4. The van der Waals surface area contributed by atoms with Gasteiger partial charge in [-0.3, -0.25) is 9.59 Å². The van der Waals surface area contributed by atoms with Gasteiger partial charge < -0.3 is 49.3 Å². The van der Waals surface area contributed by atoms with E-state index in [0.29, 0.717) is 57.2 Å². The highest BCUT2D eigenvalue weighted by Crippen LogP contribution is 2.44. The highest BCUT2D eigenvalue weighted by Gasteiger charge is 2.45. The largest absolute Gasteiger partial charge is 0.488 e. The maximum Gasteiger partial charge on any atom is 0.407 e. The molecule has 1 unspecified atom stereocenters. The summed E-state index contributed by atoms with van der Waals surface area (Å²) >= 11 is 0. The van der Waals surface area contributed by atoms with Gasteiger partial charge in [-0.1, -0.05) is 37.5 Å². The number of hydrogen-bond donors (Lipinski definition) is 4. The van der Waals surface area contributed by atoms with Crippen molar-refractivity contribution >= 4 is 45.8 Å². The van der Waals surface area contributed by atoms with E-state index in [9.17, 15) is 19.2 Å². The molecular weight excluding hydrogens is 817 g/mol. The van der Waals surface area contributed by atoms with Crippen molar-refractivity contribution in [3.8, 4) is 40.5 Å². The van der Waals surface area contributed by atoms with Gasteiger partial charge in [0.1, 0.15) is 36.1 Å². The third-order valence-corrected chi connectivity index (χ3v) is 13.5. The summed E-state index contributed by atoms with van der Waals surface area (Å²) in [6, 6.07) is 11.9. The van der Waals surface area contributed by atoms with Crippen LogP contribution in [0.4, 0.5) is 9.59 Å². The van der Waals surface area contributed by atoms with Crippen LogP contribution in [0, 0.1) is 18.3 Å². The first kappa shape index (κ1) is 42.7. The molecule has 3 aromatic carbocycles. The number of rotatable bonds is 10. The minimum atomic E-state index is -0.816. The lowest BCUT2D eigenvalue weighted by atomic mass is 9.90. The average Bonchev–Trinajstić information content (AvgIpc) is 4.15. The van der Waals surface area contributed by atoms with Gasteiger partial charge in [0, 0.05) is 30.2 Å². The molecule has 6 atom stereocenters. The molecule has 4 amide bonds. The number of imidazole rings is 2. The van der Waals surface area contributed by atoms with E-state index in [-0.39, 0.29) is 29.8 Å². The van der Waals surface area contributed by atoms with Crippen molar-refractivity contribution in [2.75, 3.05) is 27.4 Å². The van der Waals surface area contributed by atoms with Crippen LogP contribution in [0.5, 0.6) is 5.75 Å². The Balaban J connectivity index is 0.974. The van der Waals surface area contributed by atoms with Gasteiger partial charge in [0.2, 0.25) is 11.8 Å². The Morgan fingerprint density at radius 2 is 1.66 bits per heavy atom. The molecule has 0 bridgehead atoms. The zero-order valence-corrected chi connectivity index (χ0v) is 36.6. The van der Waals surface area contributed by atoms with E-state index in [2.05, 4.69) is 63.8 Å². The van der Waals surface area contributed by atoms with Crippen LogP contribution in [0.15, 0.2) is 48.7 Å². The molecule has 64 heavy (non-hydrogen) atoms. The molecule has 6 heterocycles. The van der Waals surface area contributed by atoms with E-state index in [1.165, 1.54) is 14.2 Å². The highest BCUT2D eigenvalue weighted by atomic mass is 16.5. The molecule has 0 saturated carbocycles. The van der Waals surface area contributed by atoms with Gasteiger partial charge in [-0.25, -0.2) is 19.6 Å². The van der Waals surface area contributed by atoms with Gasteiger partial charge >= 0.3 is 12.2 Å². The number of benzene rings is 3. The predicted octanol–water partition coefficient (Wildman–Crippen LogP) is 7.06. The Morgan fingerprint density at radius 3 is 2.42 bits per heavy atom.